The van der Waals surface area contributed by atoms with E-state index in [1.165, 1.54) is 19.2 Å². The van der Waals surface area contributed by atoms with E-state index in [1.807, 2.05) is 0 Å². The van der Waals surface area contributed by atoms with Gasteiger partial charge in [-0.2, -0.15) is 9.98 Å². The van der Waals surface area contributed by atoms with Crippen LogP contribution >= 0.6 is 0 Å². The maximum atomic E-state index is 10.9. The van der Waals surface area contributed by atoms with Crippen LogP contribution in [0.1, 0.15) is 0 Å². The van der Waals surface area contributed by atoms with Crippen LogP contribution in [-0.4, -0.2) is 35.7 Å². The molecule has 4 N–H and O–H groups in total. The fraction of sp³-hybridized carbons (Fsp3) is 0.182. The van der Waals surface area contributed by atoms with Crippen LogP contribution in [0.15, 0.2) is 27.6 Å². The summed E-state index contributed by atoms with van der Waals surface area (Å²) in [6.07, 6.45) is 0. The van der Waals surface area contributed by atoms with E-state index in [9.17, 15) is 9.90 Å². The molecule has 0 bridgehead atoms. The number of aromatic nitrogens is 1. The molecule has 0 spiro atoms. The molecule has 1 aromatic heterocycles. The summed E-state index contributed by atoms with van der Waals surface area (Å²) in [5.41, 5.74) is 6.47. The van der Waals surface area contributed by atoms with Crippen molar-refractivity contribution in [3.63, 3.8) is 0 Å². The van der Waals surface area contributed by atoms with Crippen LogP contribution in [0.5, 0.6) is 5.75 Å². The van der Waals surface area contributed by atoms with E-state index in [0.29, 0.717) is 11.1 Å². The lowest BCUT2D eigenvalue weighted by molar-refractivity contribution is -0.139. The van der Waals surface area contributed by atoms with Gasteiger partial charge < -0.3 is 25.3 Å². The molecule has 8 nitrogen and oxygen atoms in total. The van der Waals surface area contributed by atoms with Crippen LogP contribution in [0.2, 0.25) is 0 Å². The largest absolute Gasteiger partial charge is 0.508 e. The minimum Gasteiger partial charge on any atom is -0.508 e. The number of fused-ring (bicyclic) bond motifs is 1. The summed E-state index contributed by atoms with van der Waals surface area (Å²) in [6.45, 7) is -0.104. The number of hydrogen-bond acceptors (Lipinski definition) is 6. The highest BCUT2D eigenvalue weighted by molar-refractivity contribution is 5.85. The Bertz CT molecular complexity index is 635. The van der Waals surface area contributed by atoms with Crippen molar-refractivity contribution < 1.29 is 19.1 Å². The first kappa shape index (κ1) is 12.7. The van der Waals surface area contributed by atoms with Gasteiger partial charge in [0.05, 0.1) is 7.11 Å². The van der Waals surface area contributed by atoms with Gasteiger partial charge in [0.25, 0.3) is 0 Å². The molecule has 19 heavy (non-hydrogen) atoms. The average Bonchev–Trinajstić information content (AvgIpc) is 2.77. The molecule has 2 aromatic rings. The number of oxazole rings is 1. The van der Waals surface area contributed by atoms with Gasteiger partial charge in [0.1, 0.15) is 17.8 Å². The second-order valence-electron chi connectivity index (χ2n) is 3.58. The second-order valence-corrected chi connectivity index (χ2v) is 3.58. The number of nitrogens with zero attached hydrogens (tertiary/aromatic N) is 2. The minimum absolute atomic E-state index is 0.0236. The molecule has 0 saturated heterocycles. The molecule has 8 heteroatoms. The van der Waals surface area contributed by atoms with E-state index < -0.39 is 5.97 Å². The van der Waals surface area contributed by atoms with E-state index in [2.05, 4.69) is 20.0 Å². The van der Waals surface area contributed by atoms with Crippen LogP contribution in [0.3, 0.4) is 0 Å². The van der Waals surface area contributed by atoms with Gasteiger partial charge >= 0.3 is 12.0 Å². The molecular formula is C11H12N4O4. The van der Waals surface area contributed by atoms with E-state index in [-0.39, 0.29) is 24.3 Å². The number of ether oxygens (including phenoxy) is 1. The van der Waals surface area contributed by atoms with Crippen LogP contribution in [0, 0.1) is 0 Å². The fourth-order valence-electron chi connectivity index (χ4n) is 1.33. The highest BCUT2D eigenvalue weighted by Crippen LogP contribution is 2.23. The lowest BCUT2D eigenvalue weighted by Crippen LogP contribution is -2.35. The van der Waals surface area contributed by atoms with Gasteiger partial charge in [0.15, 0.2) is 11.5 Å². The van der Waals surface area contributed by atoms with Crippen molar-refractivity contribution in [1.29, 1.82) is 0 Å². The number of esters is 1. The first-order valence-electron chi connectivity index (χ1n) is 5.33. The molecule has 0 saturated carbocycles. The highest BCUT2D eigenvalue weighted by Gasteiger charge is 2.06. The third-order valence-corrected chi connectivity index (χ3v) is 2.22. The first-order valence-corrected chi connectivity index (χ1v) is 5.33. The molecule has 0 radical (unpaired) electrons. The number of aliphatic imine (C=N–C) groups is 1. The Morgan fingerprint density at radius 3 is 3.16 bits per heavy atom. The zero-order chi connectivity index (χ0) is 13.8. The number of carbonyl (C=O) groups excluding carboxylic acids is 1. The molecule has 0 amide bonds. The van der Waals surface area contributed by atoms with Gasteiger partial charge in [-0.3, -0.25) is 4.79 Å². The van der Waals surface area contributed by atoms with Crippen molar-refractivity contribution in [3.8, 4) is 5.75 Å². The quantitative estimate of drug-likeness (QED) is 0.412. The van der Waals surface area contributed by atoms with E-state index in [1.54, 1.807) is 6.07 Å². The summed E-state index contributed by atoms with van der Waals surface area (Å²) in [5.74, 6) is -0.421. The van der Waals surface area contributed by atoms with Crippen molar-refractivity contribution in [2.45, 2.75) is 0 Å². The third-order valence-electron chi connectivity index (χ3n) is 2.22. The lowest BCUT2D eigenvalue weighted by atomic mass is 10.3. The third kappa shape index (κ3) is 3.12. The van der Waals surface area contributed by atoms with Crippen LogP contribution in [0.4, 0.5) is 6.01 Å². The van der Waals surface area contributed by atoms with E-state index in [0.717, 1.165) is 0 Å². The smallest absolute Gasteiger partial charge is 0.325 e. The van der Waals surface area contributed by atoms with Gasteiger partial charge in [0, 0.05) is 6.07 Å². The number of phenolic OH excluding ortho intramolecular Hbond substituents is 1. The molecule has 0 fully saturated rings. The van der Waals surface area contributed by atoms with Crippen molar-refractivity contribution in [2.75, 3.05) is 13.7 Å². The summed E-state index contributed by atoms with van der Waals surface area (Å²) in [6, 6.07) is 4.50. The molecule has 100 valence electrons. The Kier molecular flexibility index (Phi) is 3.51. The summed E-state index contributed by atoms with van der Waals surface area (Å²) in [7, 11) is 1.27. The predicted octanol–water partition coefficient (Wildman–Crippen LogP) is 0.242. The molecule has 0 aliphatic heterocycles. The summed E-state index contributed by atoms with van der Waals surface area (Å²) < 4.78 is 9.71. The molecule has 0 atom stereocenters. The zero-order valence-electron chi connectivity index (χ0n) is 10.1. The Morgan fingerprint density at radius 1 is 1.63 bits per heavy atom. The monoisotopic (exact) mass is 264 g/mol. The minimum atomic E-state index is -0.472. The van der Waals surface area contributed by atoms with Crippen molar-refractivity contribution in [1.82, 2.24) is 10.3 Å². The summed E-state index contributed by atoms with van der Waals surface area (Å²) >= 11 is 0. The fourth-order valence-corrected chi connectivity index (χ4v) is 1.33. The molecule has 0 aliphatic rings. The van der Waals surface area contributed by atoms with Crippen LogP contribution in [-0.2, 0) is 9.53 Å². The number of benzene rings is 1. The molecule has 1 aromatic carbocycles. The van der Waals surface area contributed by atoms with Crippen molar-refractivity contribution >= 4 is 29.0 Å². The number of rotatable bonds is 3. The SMILES string of the molecule is COC(=O)CNC(N)=Nc1nc2cc(O)ccc2o1. The van der Waals surface area contributed by atoms with Gasteiger partial charge in [0.2, 0.25) is 0 Å². The Hall–Kier alpha value is -2.77. The maximum absolute atomic E-state index is 10.9. The topological polar surface area (TPSA) is 123 Å². The van der Waals surface area contributed by atoms with Crippen molar-refractivity contribution in [3.05, 3.63) is 18.2 Å². The van der Waals surface area contributed by atoms with E-state index in [4.69, 9.17) is 10.2 Å². The number of nitrogens with one attached hydrogen (secondary N) is 1. The van der Waals surface area contributed by atoms with Gasteiger partial charge in [-0.05, 0) is 12.1 Å². The molecule has 2 rings (SSSR count). The first-order chi connectivity index (χ1) is 9.08. The van der Waals surface area contributed by atoms with Gasteiger partial charge in [-0.1, -0.05) is 0 Å². The normalized spacial score (nSPS) is 11.5. The molecule has 0 aliphatic carbocycles. The van der Waals surface area contributed by atoms with Gasteiger partial charge in [-0.15, -0.1) is 0 Å². The highest BCUT2D eigenvalue weighted by atomic mass is 16.5. The van der Waals surface area contributed by atoms with Gasteiger partial charge in [-0.25, -0.2) is 0 Å². The van der Waals surface area contributed by atoms with Crippen molar-refractivity contribution in [2.24, 2.45) is 10.7 Å². The zero-order valence-corrected chi connectivity index (χ0v) is 10.1. The van der Waals surface area contributed by atoms with Crippen LogP contribution in [0.25, 0.3) is 11.1 Å². The number of methoxy groups -OCH3 is 1. The predicted molar refractivity (Wildman–Crippen MR) is 67.0 cm³/mol. The molecular weight excluding hydrogens is 252 g/mol. The number of phenols is 1. The van der Waals surface area contributed by atoms with Crippen LogP contribution < -0.4 is 11.1 Å². The lowest BCUT2D eigenvalue weighted by Gasteiger charge is -2.01. The molecule has 1 heterocycles. The summed E-state index contributed by atoms with van der Waals surface area (Å²) in [4.78, 5) is 18.7. The number of aromatic hydroxyl groups is 1. The summed E-state index contributed by atoms with van der Waals surface area (Å²) in [5, 5.41) is 11.8. The average molecular weight is 264 g/mol. The number of nitrogens with two attached hydrogens (primary N) is 1. The Balaban J connectivity index is 2.13. The van der Waals surface area contributed by atoms with E-state index >= 15 is 0 Å². The Morgan fingerprint density at radius 2 is 2.42 bits per heavy atom. The number of carbonyl (C=O) groups is 1. The number of guanidine groups is 1. The maximum Gasteiger partial charge on any atom is 0.325 e. The molecule has 0 unspecified atom stereocenters. The number of hydrogen-bond donors (Lipinski definition) is 3. The standard InChI is InChI=1S/C11H12N4O4/c1-18-9(17)5-13-10(12)15-11-14-7-4-6(16)2-3-8(7)19-11/h2-4,16H,5H2,1H3,(H3,12,13,14,15). The Labute approximate surface area is 107 Å². The second kappa shape index (κ2) is 5.25.